The van der Waals surface area contributed by atoms with E-state index < -0.39 is 0 Å². The first kappa shape index (κ1) is 22.5. The van der Waals surface area contributed by atoms with Crippen molar-refractivity contribution in [3.63, 3.8) is 0 Å². The van der Waals surface area contributed by atoms with Crippen molar-refractivity contribution in [3.05, 3.63) is 70.1 Å². The van der Waals surface area contributed by atoms with Crippen LogP contribution in [0.5, 0.6) is 11.5 Å². The fourth-order valence-electron chi connectivity index (χ4n) is 5.46. The predicted molar refractivity (Wildman–Crippen MR) is 141 cm³/mol. The van der Waals surface area contributed by atoms with Crippen molar-refractivity contribution >= 4 is 45.0 Å². The van der Waals surface area contributed by atoms with Gasteiger partial charge in [-0.05, 0) is 97.8 Å². The van der Waals surface area contributed by atoms with Gasteiger partial charge in [-0.15, -0.1) is 23.7 Å². The van der Waals surface area contributed by atoms with Crippen LogP contribution in [0.1, 0.15) is 54.5 Å². The molecule has 0 unspecified atom stereocenters. The fourth-order valence-corrected chi connectivity index (χ4v) is 6.77. The van der Waals surface area contributed by atoms with Crippen molar-refractivity contribution in [1.82, 2.24) is 4.90 Å². The van der Waals surface area contributed by atoms with E-state index in [4.69, 9.17) is 4.74 Å². The van der Waals surface area contributed by atoms with Gasteiger partial charge in [-0.25, -0.2) is 0 Å². The minimum atomic E-state index is 0. The summed E-state index contributed by atoms with van der Waals surface area (Å²) in [4.78, 5) is 3.89. The smallest absolute Gasteiger partial charge is 0.119 e. The molecule has 172 valence electrons. The van der Waals surface area contributed by atoms with Gasteiger partial charge in [0, 0.05) is 27.1 Å². The van der Waals surface area contributed by atoms with Crippen LogP contribution < -0.4 is 4.74 Å². The van der Waals surface area contributed by atoms with Crippen LogP contribution >= 0.6 is 23.7 Å². The molecule has 1 saturated heterocycles. The molecule has 2 aliphatic carbocycles. The van der Waals surface area contributed by atoms with Crippen LogP contribution in [0.2, 0.25) is 0 Å². The summed E-state index contributed by atoms with van der Waals surface area (Å²) in [6, 6.07) is 14.5. The van der Waals surface area contributed by atoms with Gasteiger partial charge in [0.25, 0.3) is 0 Å². The SMILES string of the molecule is Cl.Oc1ccc2c3c(sc2c1)C1=CCCCC1=C3c1ccc(OCCN2CCCCC2)cc1. The van der Waals surface area contributed by atoms with Crippen molar-refractivity contribution in [1.29, 1.82) is 0 Å². The van der Waals surface area contributed by atoms with E-state index in [0.717, 1.165) is 36.4 Å². The first-order chi connectivity index (χ1) is 15.8. The molecule has 1 aliphatic heterocycles. The van der Waals surface area contributed by atoms with E-state index in [0.29, 0.717) is 5.75 Å². The van der Waals surface area contributed by atoms with Crippen molar-refractivity contribution in [3.8, 4) is 11.5 Å². The van der Waals surface area contributed by atoms with Crippen molar-refractivity contribution < 1.29 is 9.84 Å². The molecule has 3 aromatic rings. The number of nitrogens with zero attached hydrogens (tertiary/aromatic N) is 1. The largest absolute Gasteiger partial charge is 0.508 e. The Labute approximate surface area is 205 Å². The molecule has 5 heteroatoms. The maximum atomic E-state index is 9.98. The van der Waals surface area contributed by atoms with E-state index in [2.05, 4.69) is 41.3 Å². The highest BCUT2D eigenvalue weighted by molar-refractivity contribution is 7.20. The molecule has 0 bridgehead atoms. The van der Waals surface area contributed by atoms with Crippen LogP contribution in [0.4, 0.5) is 0 Å². The zero-order chi connectivity index (χ0) is 21.5. The number of aromatic hydroxyl groups is 1. The first-order valence-electron chi connectivity index (χ1n) is 11.9. The number of phenols is 1. The van der Waals surface area contributed by atoms with Crippen LogP contribution in [0.3, 0.4) is 0 Å². The molecule has 33 heavy (non-hydrogen) atoms. The minimum Gasteiger partial charge on any atom is -0.508 e. The fraction of sp³-hybridized carbons (Fsp3) is 0.357. The van der Waals surface area contributed by atoms with Crippen LogP contribution in [0, 0.1) is 0 Å². The second kappa shape index (κ2) is 9.54. The van der Waals surface area contributed by atoms with Crippen molar-refractivity contribution in [2.24, 2.45) is 0 Å². The molecule has 0 atom stereocenters. The molecule has 0 amide bonds. The molecule has 2 heterocycles. The Morgan fingerprint density at radius 3 is 2.61 bits per heavy atom. The average molecular weight is 480 g/mol. The van der Waals surface area contributed by atoms with Gasteiger partial charge in [0.05, 0.1) is 0 Å². The highest BCUT2D eigenvalue weighted by Crippen LogP contribution is 2.54. The molecule has 0 radical (unpaired) electrons. The van der Waals surface area contributed by atoms with E-state index in [1.54, 1.807) is 0 Å². The molecular weight excluding hydrogens is 450 g/mol. The summed E-state index contributed by atoms with van der Waals surface area (Å²) in [6.07, 6.45) is 9.93. The zero-order valence-electron chi connectivity index (χ0n) is 18.8. The summed E-state index contributed by atoms with van der Waals surface area (Å²) in [5, 5.41) is 11.2. The number of piperidine rings is 1. The van der Waals surface area contributed by atoms with E-state index in [-0.39, 0.29) is 12.4 Å². The summed E-state index contributed by atoms with van der Waals surface area (Å²) in [5.41, 5.74) is 6.91. The van der Waals surface area contributed by atoms with Gasteiger partial charge in [-0.1, -0.05) is 24.6 Å². The summed E-state index contributed by atoms with van der Waals surface area (Å²) in [6.45, 7) is 4.19. The summed E-state index contributed by atoms with van der Waals surface area (Å²) >= 11 is 1.81. The summed E-state index contributed by atoms with van der Waals surface area (Å²) in [7, 11) is 0. The Hall–Kier alpha value is -2.27. The lowest BCUT2D eigenvalue weighted by molar-refractivity contribution is 0.183. The molecular formula is C28H30ClNO2S. The number of hydrogen-bond acceptors (Lipinski definition) is 4. The quantitative estimate of drug-likeness (QED) is 0.417. The van der Waals surface area contributed by atoms with Gasteiger partial charge in [-0.2, -0.15) is 0 Å². The normalized spacial score (nSPS) is 18.0. The van der Waals surface area contributed by atoms with Crippen LogP contribution in [-0.4, -0.2) is 36.2 Å². The molecule has 0 spiro atoms. The standard InChI is InChI=1S/C28H29NO2S.ClH/c30-20-10-13-24-25(18-20)32-28-23-7-3-2-6-22(23)26(27(24)28)19-8-11-21(12-9-19)31-17-16-29-14-4-1-5-15-29;/h7-13,18,30H,1-6,14-17H2;1H. The third kappa shape index (κ3) is 4.21. The van der Waals surface area contributed by atoms with E-state index >= 15 is 0 Å². The highest BCUT2D eigenvalue weighted by Gasteiger charge is 2.32. The van der Waals surface area contributed by atoms with Crippen molar-refractivity contribution in [2.45, 2.75) is 38.5 Å². The minimum absolute atomic E-state index is 0. The predicted octanol–water partition coefficient (Wildman–Crippen LogP) is 7.28. The third-order valence-corrected chi connectivity index (χ3v) is 8.23. The number of thiophene rings is 1. The van der Waals surface area contributed by atoms with Crippen LogP contribution in [0.25, 0.3) is 21.2 Å². The number of rotatable bonds is 5. The lowest BCUT2D eigenvalue weighted by Crippen LogP contribution is -2.33. The van der Waals surface area contributed by atoms with Crippen molar-refractivity contribution in [2.75, 3.05) is 26.2 Å². The Morgan fingerprint density at radius 2 is 1.79 bits per heavy atom. The van der Waals surface area contributed by atoms with Crippen LogP contribution in [-0.2, 0) is 0 Å². The molecule has 3 aliphatic rings. The zero-order valence-corrected chi connectivity index (χ0v) is 20.4. The Morgan fingerprint density at radius 1 is 0.970 bits per heavy atom. The number of halogens is 1. The first-order valence-corrected chi connectivity index (χ1v) is 12.7. The Bertz CT molecular complexity index is 1220. The van der Waals surface area contributed by atoms with Gasteiger partial charge in [0.1, 0.15) is 18.1 Å². The average Bonchev–Trinajstić information content (AvgIpc) is 3.34. The molecule has 1 fully saturated rings. The number of likely N-dealkylation sites (tertiary alicyclic amines) is 1. The number of fused-ring (bicyclic) bond motifs is 5. The van der Waals surface area contributed by atoms with E-state index in [1.807, 2.05) is 23.5 Å². The number of hydrogen-bond donors (Lipinski definition) is 1. The lowest BCUT2D eigenvalue weighted by Gasteiger charge is -2.26. The maximum absolute atomic E-state index is 9.98. The van der Waals surface area contributed by atoms with Gasteiger partial charge in [-0.3, -0.25) is 4.90 Å². The molecule has 1 N–H and O–H groups in total. The molecule has 0 saturated carbocycles. The number of benzene rings is 2. The summed E-state index contributed by atoms with van der Waals surface area (Å²) < 4.78 is 7.24. The van der Waals surface area contributed by atoms with Gasteiger partial charge < -0.3 is 9.84 Å². The maximum Gasteiger partial charge on any atom is 0.119 e. The number of ether oxygens (including phenoxy) is 1. The molecule has 2 aromatic carbocycles. The van der Waals surface area contributed by atoms with E-state index in [1.165, 1.54) is 76.9 Å². The third-order valence-electron chi connectivity index (χ3n) is 7.04. The van der Waals surface area contributed by atoms with Gasteiger partial charge in [0.15, 0.2) is 0 Å². The Balaban J connectivity index is 0.00000228. The van der Waals surface area contributed by atoms with E-state index in [9.17, 15) is 5.11 Å². The summed E-state index contributed by atoms with van der Waals surface area (Å²) in [5.74, 6) is 1.29. The number of allylic oxidation sites excluding steroid dienone is 3. The number of phenolic OH excluding ortho intramolecular Hbond substituents is 1. The topological polar surface area (TPSA) is 32.7 Å². The molecule has 1 aromatic heterocycles. The molecule has 3 nitrogen and oxygen atoms in total. The second-order valence-corrected chi connectivity index (χ2v) is 10.2. The Kier molecular flexibility index (Phi) is 6.51. The molecule has 6 rings (SSSR count). The van der Waals surface area contributed by atoms with Crippen LogP contribution in [0.15, 0.2) is 54.1 Å². The highest BCUT2D eigenvalue weighted by atomic mass is 35.5. The second-order valence-electron chi connectivity index (χ2n) is 9.13. The van der Waals surface area contributed by atoms with Gasteiger partial charge in [0.2, 0.25) is 0 Å². The van der Waals surface area contributed by atoms with Gasteiger partial charge >= 0.3 is 0 Å². The lowest BCUT2D eigenvalue weighted by atomic mass is 9.91. The monoisotopic (exact) mass is 479 g/mol.